The molecular formula is C24H29NO4. The van der Waals surface area contributed by atoms with Crippen molar-refractivity contribution in [3.8, 4) is 22.6 Å². The number of aromatic hydroxyl groups is 1. The van der Waals surface area contributed by atoms with Crippen molar-refractivity contribution in [2.75, 3.05) is 13.1 Å². The van der Waals surface area contributed by atoms with Crippen molar-refractivity contribution >= 4 is 6.09 Å². The molecule has 1 spiro atoms. The molecule has 154 valence electrons. The molecule has 0 unspecified atom stereocenters. The van der Waals surface area contributed by atoms with E-state index in [-0.39, 0.29) is 17.4 Å². The number of likely N-dealkylation sites (tertiary alicyclic amines) is 1. The van der Waals surface area contributed by atoms with Crippen LogP contribution in [0.5, 0.6) is 11.5 Å². The number of piperidine rings is 1. The number of nitrogens with zero attached hydrogens (tertiary/aromatic N) is 1. The van der Waals surface area contributed by atoms with Gasteiger partial charge >= 0.3 is 6.09 Å². The molecule has 0 radical (unpaired) electrons. The smallest absolute Gasteiger partial charge is 0.410 e. The highest BCUT2D eigenvalue weighted by Gasteiger charge is 2.41. The number of fused-ring (bicyclic) bond motifs is 1. The number of carbonyl (C=O) groups is 1. The maximum atomic E-state index is 12.3. The van der Waals surface area contributed by atoms with Gasteiger partial charge in [0.15, 0.2) is 0 Å². The van der Waals surface area contributed by atoms with Crippen molar-refractivity contribution in [2.45, 2.75) is 57.7 Å². The van der Waals surface area contributed by atoms with E-state index in [1.807, 2.05) is 32.9 Å². The summed E-state index contributed by atoms with van der Waals surface area (Å²) in [7, 11) is 0. The van der Waals surface area contributed by atoms with Gasteiger partial charge in [0, 0.05) is 25.9 Å². The topological polar surface area (TPSA) is 59.0 Å². The van der Waals surface area contributed by atoms with Gasteiger partial charge in [-0.3, -0.25) is 0 Å². The number of rotatable bonds is 1. The van der Waals surface area contributed by atoms with Crippen LogP contribution < -0.4 is 4.74 Å². The third-order valence-electron chi connectivity index (χ3n) is 5.76. The molecule has 0 bridgehead atoms. The van der Waals surface area contributed by atoms with Gasteiger partial charge in [-0.15, -0.1) is 0 Å². The molecule has 1 N–H and O–H groups in total. The van der Waals surface area contributed by atoms with Gasteiger partial charge in [0.25, 0.3) is 0 Å². The Morgan fingerprint density at radius 3 is 2.34 bits per heavy atom. The maximum Gasteiger partial charge on any atom is 0.410 e. The molecule has 1 saturated heterocycles. The maximum absolute atomic E-state index is 12.3. The van der Waals surface area contributed by atoms with Gasteiger partial charge in [0.1, 0.15) is 22.7 Å². The Bertz CT molecular complexity index is 890. The summed E-state index contributed by atoms with van der Waals surface area (Å²) in [6.45, 7) is 7.00. The van der Waals surface area contributed by atoms with Crippen LogP contribution in [0.1, 0.15) is 45.6 Å². The second-order valence-corrected chi connectivity index (χ2v) is 9.12. The van der Waals surface area contributed by atoms with Crippen LogP contribution in [0.2, 0.25) is 0 Å². The van der Waals surface area contributed by atoms with Gasteiger partial charge in [-0.1, -0.05) is 18.2 Å². The van der Waals surface area contributed by atoms with E-state index < -0.39 is 5.60 Å². The normalized spacial score (nSPS) is 18.1. The van der Waals surface area contributed by atoms with Crippen LogP contribution in [0.4, 0.5) is 4.79 Å². The lowest BCUT2D eigenvalue weighted by Crippen LogP contribution is -2.52. The fourth-order valence-corrected chi connectivity index (χ4v) is 4.13. The second kappa shape index (κ2) is 7.29. The molecule has 0 aromatic heterocycles. The van der Waals surface area contributed by atoms with E-state index in [0.717, 1.165) is 42.6 Å². The minimum atomic E-state index is -0.471. The molecular weight excluding hydrogens is 366 g/mol. The SMILES string of the molecule is CC(C)(C)OC(=O)N1CCC2(CCc3cc(-c4ccc(O)cc4)ccc3O2)CC1. The Hall–Kier alpha value is -2.69. The minimum absolute atomic E-state index is 0.189. The van der Waals surface area contributed by atoms with E-state index in [1.165, 1.54) is 5.56 Å². The monoisotopic (exact) mass is 395 g/mol. The number of amides is 1. The summed E-state index contributed by atoms with van der Waals surface area (Å²) < 4.78 is 12.0. The van der Waals surface area contributed by atoms with Gasteiger partial charge in [0.05, 0.1) is 0 Å². The average Bonchev–Trinajstić information content (AvgIpc) is 2.67. The fraction of sp³-hybridized carbons (Fsp3) is 0.458. The molecule has 0 atom stereocenters. The van der Waals surface area contributed by atoms with E-state index in [0.29, 0.717) is 13.1 Å². The Morgan fingerprint density at radius 2 is 1.69 bits per heavy atom. The van der Waals surface area contributed by atoms with Gasteiger partial charge < -0.3 is 19.5 Å². The van der Waals surface area contributed by atoms with Crippen LogP contribution >= 0.6 is 0 Å². The predicted octanol–water partition coefficient (Wildman–Crippen LogP) is 5.15. The molecule has 2 aliphatic rings. The van der Waals surface area contributed by atoms with Crippen molar-refractivity contribution in [3.05, 3.63) is 48.0 Å². The molecule has 2 aromatic rings. The third-order valence-corrected chi connectivity index (χ3v) is 5.76. The largest absolute Gasteiger partial charge is 0.508 e. The molecule has 29 heavy (non-hydrogen) atoms. The molecule has 2 aliphatic heterocycles. The summed E-state index contributed by atoms with van der Waals surface area (Å²) >= 11 is 0. The zero-order valence-corrected chi connectivity index (χ0v) is 17.4. The standard InChI is InChI=1S/C24H29NO4/c1-23(2,3)29-22(27)25-14-12-24(13-15-25)11-10-19-16-18(6-9-21(19)28-24)17-4-7-20(26)8-5-17/h4-9,16,26H,10-15H2,1-3H3. The summed E-state index contributed by atoms with van der Waals surface area (Å²) in [4.78, 5) is 14.1. The van der Waals surface area contributed by atoms with Crippen molar-refractivity contribution in [1.29, 1.82) is 0 Å². The van der Waals surface area contributed by atoms with Gasteiger partial charge in [-0.2, -0.15) is 0 Å². The van der Waals surface area contributed by atoms with Gasteiger partial charge in [-0.05, 0) is 74.6 Å². The third kappa shape index (κ3) is 4.34. The first-order chi connectivity index (χ1) is 13.7. The first-order valence-electron chi connectivity index (χ1n) is 10.3. The first kappa shape index (κ1) is 19.6. The Labute approximate surface area is 172 Å². The lowest BCUT2D eigenvalue weighted by molar-refractivity contribution is -0.0272. The Kier molecular flexibility index (Phi) is 4.93. The van der Waals surface area contributed by atoms with E-state index in [4.69, 9.17) is 9.47 Å². The van der Waals surface area contributed by atoms with Crippen molar-refractivity contribution in [1.82, 2.24) is 4.90 Å². The summed E-state index contributed by atoms with van der Waals surface area (Å²) in [5.41, 5.74) is 2.77. The average molecular weight is 395 g/mol. The van der Waals surface area contributed by atoms with Crippen molar-refractivity contribution in [3.63, 3.8) is 0 Å². The summed E-state index contributed by atoms with van der Waals surface area (Å²) in [6.07, 6.45) is 3.34. The van der Waals surface area contributed by atoms with Crippen LogP contribution in [0.25, 0.3) is 11.1 Å². The number of hydrogen-bond acceptors (Lipinski definition) is 4. The number of carbonyl (C=O) groups excluding carboxylic acids is 1. The van der Waals surface area contributed by atoms with Crippen LogP contribution in [0.15, 0.2) is 42.5 Å². The number of ether oxygens (including phenoxy) is 2. The van der Waals surface area contributed by atoms with E-state index >= 15 is 0 Å². The predicted molar refractivity (Wildman–Crippen MR) is 112 cm³/mol. The van der Waals surface area contributed by atoms with Crippen LogP contribution in [-0.4, -0.2) is 40.4 Å². The van der Waals surface area contributed by atoms with Crippen LogP contribution in [0, 0.1) is 0 Å². The van der Waals surface area contributed by atoms with Crippen molar-refractivity contribution < 1.29 is 19.4 Å². The number of phenolic OH excluding ortho intramolecular Hbond substituents is 1. The Balaban J connectivity index is 1.43. The Morgan fingerprint density at radius 1 is 1.03 bits per heavy atom. The number of benzene rings is 2. The quantitative estimate of drug-likeness (QED) is 0.725. The molecule has 1 amide bonds. The molecule has 4 rings (SSSR count). The highest BCUT2D eigenvalue weighted by Crippen LogP contribution is 2.41. The van der Waals surface area contributed by atoms with Crippen LogP contribution in [-0.2, 0) is 11.2 Å². The highest BCUT2D eigenvalue weighted by molar-refractivity contribution is 5.68. The molecule has 2 aromatic carbocycles. The minimum Gasteiger partial charge on any atom is -0.508 e. The van der Waals surface area contributed by atoms with E-state index in [1.54, 1.807) is 17.0 Å². The van der Waals surface area contributed by atoms with Crippen molar-refractivity contribution in [2.24, 2.45) is 0 Å². The highest BCUT2D eigenvalue weighted by atomic mass is 16.6. The van der Waals surface area contributed by atoms with E-state index in [9.17, 15) is 9.90 Å². The summed E-state index contributed by atoms with van der Waals surface area (Å²) in [6, 6.07) is 13.6. The summed E-state index contributed by atoms with van der Waals surface area (Å²) in [5.74, 6) is 1.22. The molecule has 0 aliphatic carbocycles. The lowest BCUT2D eigenvalue weighted by atomic mass is 9.82. The summed E-state index contributed by atoms with van der Waals surface area (Å²) in [5, 5.41) is 9.49. The molecule has 0 saturated carbocycles. The lowest BCUT2D eigenvalue weighted by Gasteiger charge is -2.44. The van der Waals surface area contributed by atoms with E-state index in [2.05, 4.69) is 18.2 Å². The number of phenols is 1. The number of aryl methyl sites for hydroxylation is 1. The zero-order chi connectivity index (χ0) is 20.6. The second-order valence-electron chi connectivity index (χ2n) is 9.12. The zero-order valence-electron chi connectivity index (χ0n) is 17.4. The first-order valence-corrected chi connectivity index (χ1v) is 10.3. The van der Waals surface area contributed by atoms with Gasteiger partial charge in [0.2, 0.25) is 0 Å². The molecule has 1 fully saturated rings. The molecule has 5 nitrogen and oxygen atoms in total. The molecule has 2 heterocycles. The fourth-order valence-electron chi connectivity index (χ4n) is 4.13. The van der Waals surface area contributed by atoms with Crippen LogP contribution in [0.3, 0.4) is 0 Å². The number of hydrogen-bond donors (Lipinski definition) is 1. The molecule has 5 heteroatoms. The van der Waals surface area contributed by atoms with Gasteiger partial charge in [-0.25, -0.2) is 4.79 Å².